The Morgan fingerprint density at radius 1 is 0.850 bits per heavy atom. The number of alkyl halides is 3. The number of anilines is 1. The Labute approximate surface area is 227 Å². The normalized spacial score (nSPS) is 23.1. The van der Waals surface area contributed by atoms with Gasteiger partial charge < -0.3 is 14.4 Å². The summed E-state index contributed by atoms with van der Waals surface area (Å²) in [6, 6.07) is 14.4. The number of nitrogens with zero attached hydrogens (tertiary/aromatic N) is 2. The highest BCUT2D eigenvalue weighted by Crippen LogP contribution is 2.54. The smallest absolute Gasteiger partial charge is 0.416 e. The summed E-state index contributed by atoms with van der Waals surface area (Å²) in [6.45, 7) is 0. The lowest BCUT2D eigenvalue weighted by atomic mass is 9.83. The molecule has 3 aromatic carbocycles. The van der Waals surface area contributed by atoms with Gasteiger partial charge in [0.2, 0.25) is 11.8 Å². The molecule has 0 aliphatic carbocycles. The summed E-state index contributed by atoms with van der Waals surface area (Å²) in [4.78, 5) is 44.5. The first-order valence-electron chi connectivity index (χ1n) is 12.5. The third-order valence-electron chi connectivity index (χ3n) is 7.83. The van der Waals surface area contributed by atoms with Crippen LogP contribution >= 0.6 is 0 Å². The van der Waals surface area contributed by atoms with Crippen LogP contribution in [0.2, 0.25) is 0 Å². The van der Waals surface area contributed by atoms with Crippen LogP contribution in [0.3, 0.4) is 0 Å². The molecule has 3 aliphatic rings. The van der Waals surface area contributed by atoms with Crippen LogP contribution in [0.25, 0.3) is 6.08 Å². The number of ketones is 1. The predicted octanol–water partition coefficient (Wildman–Crippen LogP) is 5.12. The molecule has 40 heavy (non-hydrogen) atoms. The molecular weight excluding hydrogens is 525 g/mol. The molecule has 3 aliphatic heterocycles. The SMILES string of the molecule is COc1ccc(C(=O)[C@@H]2[C@@H]3C(=O)N(c4cccc(C(F)(F)F)c4)C(=O)[C@H]3[C@H]3c4ccccc4C=CN23)cc1OC. The van der Waals surface area contributed by atoms with Crippen LogP contribution in [0, 0.1) is 11.8 Å². The molecule has 2 saturated heterocycles. The number of halogens is 3. The highest BCUT2D eigenvalue weighted by molar-refractivity contribution is 6.24. The number of fused-ring (bicyclic) bond motifs is 5. The Balaban J connectivity index is 1.48. The van der Waals surface area contributed by atoms with Crippen LogP contribution in [-0.4, -0.2) is 42.8 Å². The van der Waals surface area contributed by atoms with E-state index in [1.807, 2.05) is 24.3 Å². The van der Waals surface area contributed by atoms with E-state index in [0.717, 1.165) is 34.2 Å². The largest absolute Gasteiger partial charge is 0.493 e. The maximum Gasteiger partial charge on any atom is 0.416 e. The number of imide groups is 1. The number of ether oxygens (including phenoxy) is 2. The second-order valence-electron chi connectivity index (χ2n) is 9.83. The summed E-state index contributed by atoms with van der Waals surface area (Å²) < 4.78 is 51.0. The van der Waals surface area contributed by atoms with Crippen LogP contribution in [0.1, 0.15) is 33.1 Å². The predicted molar refractivity (Wildman–Crippen MR) is 139 cm³/mol. The molecule has 204 valence electrons. The molecule has 2 amide bonds. The third kappa shape index (κ3) is 3.77. The fourth-order valence-electron chi connectivity index (χ4n) is 6.09. The van der Waals surface area contributed by atoms with Crippen molar-refractivity contribution in [1.82, 2.24) is 4.90 Å². The van der Waals surface area contributed by atoms with Crippen LogP contribution in [0.4, 0.5) is 18.9 Å². The molecule has 2 fully saturated rings. The van der Waals surface area contributed by atoms with Crippen molar-refractivity contribution in [2.24, 2.45) is 11.8 Å². The fourth-order valence-corrected chi connectivity index (χ4v) is 6.09. The zero-order chi connectivity index (χ0) is 28.3. The van der Waals surface area contributed by atoms with E-state index in [1.165, 1.54) is 26.4 Å². The van der Waals surface area contributed by atoms with E-state index in [2.05, 4.69) is 0 Å². The van der Waals surface area contributed by atoms with Gasteiger partial charge in [0.15, 0.2) is 17.3 Å². The summed E-state index contributed by atoms with van der Waals surface area (Å²) in [6.07, 6.45) is -1.13. The third-order valence-corrected chi connectivity index (χ3v) is 7.83. The minimum atomic E-state index is -4.66. The van der Waals surface area contributed by atoms with Gasteiger partial charge in [0.1, 0.15) is 6.04 Å². The van der Waals surface area contributed by atoms with Gasteiger partial charge in [-0.05, 0) is 53.6 Å². The number of carbonyl (C=O) groups excluding carboxylic acids is 3. The zero-order valence-corrected chi connectivity index (χ0v) is 21.4. The highest BCUT2D eigenvalue weighted by Gasteiger charge is 2.64. The second kappa shape index (κ2) is 9.25. The zero-order valence-electron chi connectivity index (χ0n) is 21.4. The number of benzene rings is 3. The maximum atomic E-state index is 14.1. The Morgan fingerprint density at radius 2 is 1.57 bits per heavy atom. The van der Waals surface area contributed by atoms with Gasteiger partial charge >= 0.3 is 6.18 Å². The van der Waals surface area contributed by atoms with Crippen molar-refractivity contribution >= 4 is 29.4 Å². The summed E-state index contributed by atoms with van der Waals surface area (Å²) in [7, 11) is 2.90. The van der Waals surface area contributed by atoms with Crippen molar-refractivity contribution < 1.29 is 37.0 Å². The molecule has 7 nitrogen and oxygen atoms in total. The summed E-state index contributed by atoms with van der Waals surface area (Å²) in [5.74, 6) is -3.15. The Morgan fingerprint density at radius 3 is 2.30 bits per heavy atom. The molecular formula is C30H23F3N2O5. The lowest BCUT2D eigenvalue weighted by molar-refractivity contribution is -0.137. The number of Topliss-reactive ketones (excluding diaryl/α,β-unsaturated/α-hetero) is 1. The van der Waals surface area contributed by atoms with Gasteiger partial charge in [-0.2, -0.15) is 13.2 Å². The van der Waals surface area contributed by atoms with Crippen LogP contribution < -0.4 is 14.4 Å². The number of rotatable bonds is 5. The van der Waals surface area contributed by atoms with Crippen molar-refractivity contribution in [2.45, 2.75) is 18.3 Å². The van der Waals surface area contributed by atoms with Crippen LogP contribution in [0.5, 0.6) is 11.5 Å². The lowest BCUT2D eigenvalue weighted by Crippen LogP contribution is -2.44. The van der Waals surface area contributed by atoms with E-state index in [9.17, 15) is 27.6 Å². The molecule has 0 bridgehead atoms. The standard InChI is InChI=1S/C30H23F3N2O5/c1-39-21-11-10-17(14-22(21)40-2)27(36)26-24-23(25-20-9-4-3-6-16(20)12-13-34(25)26)28(37)35(29(24)38)19-8-5-7-18(15-19)30(31,32)33/h3-15,23-26H,1-2H3/t23-,24-,25-,26+/m1/s1. The van der Waals surface area contributed by atoms with Crippen molar-refractivity contribution in [3.8, 4) is 11.5 Å². The van der Waals surface area contributed by atoms with Gasteiger partial charge in [-0.15, -0.1) is 0 Å². The van der Waals surface area contributed by atoms with E-state index < -0.39 is 53.3 Å². The highest BCUT2D eigenvalue weighted by atomic mass is 19.4. The second-order valence-corrected chi connectivity index (χ2v) is 9.83. The van der Waals surface area contributed by atoms with E-state index in [1.54, 1.807) is 29.3 Å². The van der Waals surface area contributed by atoms with Crippen molar-refractivity contribution in [3.05, 3.63) is 95.2 Å². The number of amides is 2. The summed E-state index contributed by atoms with van der Waals surface area (Å²) in [5.41, 5.74) is 0.678. The molecule has 4 atom stereocenters. The molecule has 10 heteroatoms. The Bertz CT molecular complexity index is 1580. The minimum Gasteiger partial charge on any atom is -0.493 e. The van der Waals surface area contributed by atoms with E-state index in [4.69, 9.17) is 9.47 Å². The monoisotopic (exact) mass is 548 g/mol. The van der Waals surface area contributed by atoms with Crippen molar-refractivity contribution in [3.63, 3.8) is 0 Å². The average molecular weight is 549 g/mol. The summed E-state index contributed by atoms with van der Waals surface area (Å²) >= 11 is 0. The molecule has 0 saturated carbocycles. The molecule has 0 radical (unpaired) electrons. The van der Waals surface area contributed by atoms with Gasteiger partial charge in [-0.1, -0.05) is 30.3 Å². The minimum absolute atomic E-state index is 0.178. The lowest BCUT2D eigenvalue weighted by Gasteiger charge is -2.35. The average Bonchev–Trinajstić information content (AvgIpc) is 3.44. The first-order chi connectivity index (χ1) is 19.2. The van der Waals surface area contributed by atoms with E-state index in [-0.39, 0.29) is 11.3 Å². The van der Waals surface area contributed by atoms with Crippen molar-refractivity contribution in [1.29, 1.82) is 0 Å². The molecule has 0 unspecified atom stereocenters. The summed E-state index contributed by atoms with van der Waals surface area (Å²) in [5, 5.41) is 0. The van der Waals surface area contributed by atoms with Gasteiger partial charge in [-0.3, -0.25) is 14.4 Å². The Kier molecular flexibility index (Phi) is 5.94. The first-order valence-corrected chi connectivity index (χ1v) is 12.5. The van der Waals surface area contributed by atoms with Gasteiger partial charge in [0, 0.05) is 11.8 Å². The number of methoxy groups -OCH3 is 2. The van der Waals surface area contributed by atoms with Crippen LogP contribution in [0.15, 0.2) is 72.9 Å². The van der Waals surface area contributed by atoms with E-state index in [0.29, 0.717) is 11.5 Å². The molecule has 0 N–H and O–H groups in total. The Hall–Kier alpha value is -4.60. The van der Waals surface area contributed by atoms with Gasteiger partial charge in [-0.25, -0.2) is 4.90 Å². The van der Waals surface area contributed by atoms with Crippen molar-refractivity contribution in [2.75, 3.05) is 19.1 Å². The molecule has 0 spiro atoms. The number of hydrogen-bond acceptors (Lipinski definition) is 6. The van der Waals surface area contributed by atoms with Gasteiger partial charge in [0.25, 0.3) is 0 Å². The number of carbonyl (C=O) groups is 3. The fraction of sp³-hybridized carbons (Fsp3) is 0.233. The quantitative estimate of drug-likeness (QED) is 0.326. The first kappa shape index (κ1) is 25.7. The number of hydrogen-bond donors (Lipinski definition) is 0. The molecule has 6 rings (SSSR count). The topological polar surface area (TPSA) is 76.2 Å². The molecule has 3 heterocycles. The molecule has 3 aromatic rings. The maximum absolute atomic E-state index is 14.1. The molecule has 0 aromatic heterocycles. The van der Waals surface area contributed by atoms with E-state index >= 15 is 0 Å². The van der Waals surface area contributed by atoms with Crippen LogP contribution in [-0.2, 0) is 15.8 Å². The van der Waals surface area contributed by atoms with Gasteiger partial charge in [0.05, 0.1) is 43.3 Å².